The normalized spacial score (nSPS) is 11.6. The minimum atomic E-state index is 0.00727. The number of benzene rings is 1. The molecule has 2 rings (SSSR count). The van der Waals surface area contributed by atoms with Crippen LogP contribution in [0.4, 0.5) is 5.82 Å². The Morgan fingerprint density at radius 2 is 1.95 bits per heavy atom. The van der Waals surface area contributed by atoms with E-state index in [1.807, 2.05) is 48.5 Å². The van der Waals surface area contributed by atoms with Gasteiger partial charge in [0.15, 0.2) is 0 Å². The maximum absolute atomic E-state index is 8.76. The van der Waals surface area contributed by atoms with Crippen LogP contribution >= 0.6 is 0 Å². The number of rotatable bonds is 5. The van der Waals surface area contributed by atoms with E-state index in [-0.39, 0.29) is 6.04 Å². The molecule has 19 heavy (non-hydrogen) atoms. The molecular formula is C15H16N4. The molecule has 0 saturated heterocycles. The molecule has 0 amide bonds. The zero-order valence-corrected chi connectivity index (χ0v) is 10.6. The lowest BCUT2D eigenvalue weighted by Gasteiger charge is -2.12. The van der Waals surface area contributed by atoms with E-state index in [1.54, 1.807) is 6.07 Å². The molecule has 0 aliphatic carbocycles. The van der Waals surface area contributed by atoms with Gasteiger partial charge in [0.1, 0.15) is 17.6 Å². The largest absolute Gasteiger partial charge is 0.370 e. The zero-order valence-electron chi connectivity index (χ0n) is 10.6. The molecule has 2 aromatic rings. The van der Waals surface area contributed by atoms with Crippen molar-refractivity contribution < 1.29 is 0 Å². The average Bonchev–Trinajstić information content (AvgIpc) is 2.48. The molecule has 0 aliphatic heterocycles. The lowest BCUT2D eigenvalue weighted by molar-refractivity contribution is 0.674. The van der Waals surface area contributed by atoms with Gasteiger partial charge in [-0.3, -0.25) is 0 Å². The lowest BCUT2D eigenvalue weighted by Crippen LogP contribution is -2.15. The number of nitrogens with two attached hydrogens (primary N) is 1. The number of aromatic nitrogens is 1. The van der Waals surface area contributed by atoms with Crippen LogP contribution in [0.1, 0.15) is 23.7 Å². The summed E-state index contributed by atoms with van der Waals surface area (Å²) in [5.74, 6) is 0.708. The highest BCUT2D eigenvalue weighted by atomic mass is 15.0. The molecular weight excluding hydrogens is 236 g/mol. The highest BCUT2D eigenvalue weighted by Gasteiger charge is 2.04. The minimum Gasteiger partial charge on any atom is -0.370 e. The summed E-state index contributed by atoms with van der Waals surface area (Å²) in [6.45, 7) is 0.720. The number of pyridine rings is 1. The second-order valence-corrected chi connectivity index (χ2v) is 4.25. The molecule has 4 heteroatoms. The van der Waals surface area contributed by atoms with Gasteiger partial charge < -0.3 is 11.1 Å². The van der Waals surface area contributed by atoms with Gasteiger partial charge >= 0.3 is 0 Å². The molecule has 0 bridgehead atoms. The van der Waals surface area contributed by atoms with Gasteiger partial charge in [0.05, 0.1) is 0 Å². The Morgan fingerprint density at radius 3 is 2.68 bits per heavy atom. The summed E-state index contributed by atoms with van der Waals surface area (Å²) in [7, 11) is 0. The van der Waals surface area contributed by atoms with Gasteiger partial charge in [-0.1, -0.05) is 36.4 Å². The molecule has 4 nitrogen and oxygen atoms in total. The van der Waals surface area contributed by atoms with Gasteiger partial charge in [-0.2, -0.15) is 5.26 Å². The lowest BCUT2D eigenvalue weighted by atomic mass is 10.1. The molecule has 1 heterocycles. The van der Waals surface area contributed by atoms with E-state index in [2.05, 4.69) is 10.3 Å². The molecule has 1 aromatic heterocycles. The second kappa shape index (κ2) is 6.53. The van der Waals surface area contributed by atoms with E-state index in [0.29, 0.717) is 11.5 Å². The Bertz CT molecular complexity index is 560. The van der Waals surface area contributed by atoms with Gasteiger partial charge in [-0.25, -0.2) is 4.98 Å². The standard InChI is InChI=1S/C15H16N4/c16-11-13-7-4-8-15(19-13)18-10-9-14(17)12-5-2-1-3-6-12/h1-8,14H,9-10,17H2,(H,18,19). The molecule has 1 unspecified atom stereocenters. The summed E-state index contributed by atoms with van der Waals surface area (Å²) < 4.78 is 0. The van der Waals surface area contributed by atoms with Crippen molar-refractivity contribution in [2.75, 3.05) is 11.9 Å². The Morgan fingerprint density at radius 1 is 1.16 bits per heavy atom. The predicted molar refractivity (Wildman–Crippen MR) is 75.4 cm³/mol. The monoisotopic (exact) mass is 252 g/mol. The predicted octanol–water partition coefficient (Wildman–Crippen LogP) is 2.46. The third-order valence-electron chi connectivity index (χ3n) is 2.85. The fourth-order valence-electron chi connectivity index (χ4n) is 1.82. The van der Waals surface area contributed by atoms with Gasteiger partial charge in [-0.05, 0) is 24.1 Å². The number of hydrogen-bond acceptors (Lipinski definition) is 4. The Labute approximate surface area is 112 Å². The van der Waals surface area contributed by atoms with Crippen LogP contribution in [0, 0.1) is 11.3 Å². The fourth-order valence-corrected chi connectivity index (χ4v) is 1.82. The van der Waals surface area contributed by atoms with Gasteiger partial charge in [-0.15, -0.1) is 0 Å². The van der Waals surface area contributed by atoms with Crippen LogP contribution < -0.4 is 11.1 Å². The van der Waals surface area contributed by atoms with Gasteiger partial charge in [0.25, 0.3) is 0 Å². The van der Waals surface area contributed by atoms with Crippen molar-refractivity contribution in [1.82, 2.24) is 4.98 Å². The second-order valence-electron chi connectivity index (χ2n) is 4.25. The van der Waals surface area contributed by atoms with Crippen molar-refractivity contribution in [1.29, 1.82) is 5.26 Å². The smallest absolute Gasteiger partial charge is 0.142 e. The van der Waals surface area contributed by atoms with E-state index in [9.17, 15) is 0 Å². The molecule has 96 valence electrons. The van der Waals surface area contributed by atoms with Crippen molar-refractivity contribution in [3.63, 3.8) is 0 Å². The van der Waals surface area contributed by atoms with E-state index in [0.717, 1.165) is 18.5 Å². The van der Waals surface area contributed by atoms with E-state index < -0.39 is 0 Å². The number of anilines is 1. The highest BCUT2D eigenvalue weighted by Crippen LogP contribution is 2.13. The van der Waals surface area contributed by atoms with Crippen LogP contribution in [-0.4, -0.2) is 11.5 Å². The van der Waals surface area contributed by atoms with Crippen LogP contribution in [0.2, 0.25) is 0 Å². The summed E-state index contributed by atoms with van der Waals surface area (Å²) in [4.78, 5) is 4.15. The summed E-state index contributed by atoms with van der Waals surface area (Å²) >= 11 is 0. The molecule has 0 saturated carbocycles. The minimum absolute atomic E-state index is 0.00727. The van der Waals surface area contributed by atoms with Crippen molar-refractivity contribution >= 4 is 5.82 Å². The first-order valence-corrected chi connectivity index (χ1v) is 6.21. The molecule has 1 atom stereocenters. The van der Waals surface area contributed by atoms with Crippen LogP contribution in [0.15, 0.2) is 48.5 Å². The Balaban J connectivity index is 1.85. The summed E-state index contributed by atoms with van der Waals surface area (Å²) in [6, 6.07) is 17.4. The van der Waals surface area contributed by atoms with E-state index in [4.69, 9.17) is 11.0 Å². The third-order valence-corrected chi connectivity index (χ3v) is 2.85. The number of nitrogens with one attached hydrogen (secondary N) is 1. The first-order chi connectivity index (χ1) is 9.29. The van der Waals surface area contributed by atoms with Crippen molar-refractivity contribution in [3.05, 3.63) is 59.8 Å². The quantitative estimate of drug-likeness (QED) is 0.857. The first kappa shape index (κ1) is 13.1. The van der Waals surface area contributed by atoms with Crippen LogP contribution in [0.3, 0.4) is 0 Å². The first-order valence-electron chi connectivity index (χ1n) is 6.21. The molecule has 0 fully saturated rings. The van der Waals surface area contributed by atoms with Gasteiger partial charge in [0, 0.05) is 12.6 Å². The molecule has 0 radical (unpaired) electrons. The highest BCUT2D eigenvalue weighted by molar-refractivity contribution is 5.38. The molecule has 3 N–H and O–H groups in total. The number of hydrogen-bond donors (Lipinski definition) is 2. The Hall–Kier alpha value is -2.38. The molecule has 0 aliphatic rings. The van der Waals surface area contributed by atoms with E-state index >= 15 is 0 Å². The van der Waals surface area contributed by atoms with Crippen LogP contribution in [0.25, 0.3) is 0 Å². The molecule has 1 aromatic carbocycles. The SMILES string of the molecule is N#Cc1cccc(NCCC(N)c2ccccc2)n1. The fraction of sp³-hybridized carbons (Fsp3) is 0.200. The van der Waals surface area contributed by atoms with Crippen LogP contribution in [-0.2, 0) is 0 Å². The van der Waals surface area contributed by atoms with Crippen molar-refractivity contribution in [2.24, 2.45) is 5.73 Å². The summed E-state index contributed by atoms with van der Waals surface area (Å²) in [5, 5.41) is 11.9. The number of nitriles is 1. The van der Waals surface area contributed by atoms with Crippen molar-refractivity contribution in [2.45, 2.75) is 12.5 Å². The van der Waals surface area contributed by atoms with Crippen LogP contribution in [0.5, 0.6) is 0 Å². The maximum Gasteiger partial charge on any atom is 0.142 e. The molecule has 0 spiro atoms. The van der Waals surface area contributed by atoms with Gasteiger partial charge in [0.2, 0.25) is 0 Å². The summed E-state index contributed by atoms with van der Waals surface area (Å²) in [5.41, 5.74) is 7.64. The number of nitrogens with zero attached hydrogens (tertiary/aromatic N) is 2. The Kier molecular flexibility index (Phi) is 4.49. The third kappa shape index (κ3) is 3.80. The van der Waals surface area contributed by atoms with E-state index in [1.165, 1.54) is 0 Å². The zero-order chi connectivity index (χ0) is 13.5. The van der Waals surface area contributed by atoms with Crippen molar-refractivity contribution in [3.8, 4) is 6.07 Å². The summed E-state index contributed by atoms with van der Waals surface area (Å²) in [6.07, 6.45) is 0.808. The topological polar surface area (TPSA) is 74.7 Å². The maximum atomic E-state index is 8.76. The average molecular weight is 252 g/mol.